The van der Waals surface area contributed by atoms with Crippen LogP contribution in [0.5, 0.6) is 0 Å². The first-order valence-electron chi connectivity index (χ1n) is 8.80. The molecule has 0 N–H and O–H groups in total. The number of ether oxygens (including phenoxy) is 2. The molecule has 1 aliphatic rings. The van der Waals surface area contributed by atoms with Gasteiger partial charge < -0.3 is 14.3 Å². The maximum absolute atomic E-state index is 12.3. The van der Waals surface area contributed by atoms with E-state index in [1.807, 2.05) is 37.3 Å². The Bertz CT molecular complexity index is 657. The molecule has 0 radical (unpaired) electrons. The molecular weight excluding hydrogens is 338 g/mol. The fourth-order valence-corrected chi connectivity index (χ4v) is 3.04. The topological polar surface area (TPSA) is 87.9 Å². The molecule has 3 atom stereocenters. The van der Waals surface area contributed by atoms with Crippen LogP contribution in [0.4, 0.5) is 0 Å². The van der Waals surface area contributed by atoms with Gasteiger partial charge in [0.15, 0.2) is 6.10 Å². The van der Waals surface area contributed by atoms with Crippen molar-refractivity contribution in [3.05, 3.63) is 41.1 Å². The number of hydrogen-bond acceptors (Lipinski definition) is 6. The summed E-state index contributed by atoms with van der Waals surface area (Å²) in [6, 6.07) is 9.68. The summed E-state index contributed by atoms with van der Waals surface area (Å²) in [6.45, 7) is 4.51. The third-order valence-corrected chi connectivity index (χ3v) is 4.14. The Kier molecular flexibility index (Phi) is 7.00. The van der Waals surface area contributed by atoms with E-state index in [1.165, 1.54) is 13.8 Å². The average Bonchev–Trinajstić information content (AvgIpc) is 2.88. The molecule has 1 aliphatic heterocycles. The van der Waals surface area contributed by atoms with Gasteiger partial charge in [-0.1, -0.05) is 43.7 Å². The molecule has 2 rings (SSSR count). The first kappa shape index (κ1) is 19.8. The van der Waals surface area contributed by atoms with Gasteiger partial charge in [-0.2, -0.15) is 0 Å². The average molecular weight is 363 g/mol. The van der Waals surface area contributed by atoms with Gasteiger partial charge in [-0.3, -0.25) is 14.8 Å². The summed E-state index contributed by atoms with van der Waals surface area (Å²) in [4.78, 5) is 28.7. The third kappa shape index (κ3) is 5.21. The lowest BCUT2D eigenvalue weighted by Crippen LogP contribution is -2.43. The smallest absolute Gasteiger partial charge is 0.303 e. The molecular formula is C19H25NO6. The lowest BCUT2D eigenvalue weighted by Gasteiger charge is -2.27. The van der Waals surface area contributed by atoms with Crippen molar-refractivity contribution in [1.82, 2.24) is 0 Å². The first-order valence-corrected chi connectivity index (χ1v) is 8.80. The highest BCUT2D eigenvalue weighted by Gasteiger charge is 2.46. The minimum atomic E-state index is -0.871. The van der Waals surface area contributed by atoms with Crippen LogP contribution in [0.2, 0.25) is 0 Å². The largest absolute Gasteiger partial charge is 0.461 e. The van der Waals surface area contributed by atoms with Gasteiger partial charge in [0, 0.05) is 25.2 Å². The molecule has 0 spiro atoms. The number of benzene rings is 1. The van der Waals surface area contributed by atoms with Gasteiger partial charge >= 0.3 is 11.9 Å². The quantitative estimate of drug-likeness (QED) is 0.521. The summed E-state index contributed by atoms with van der Waals surface area (Å²) < 4.78 is 10.7. The zero-order chi connectivity index (χ0) is 19.1. The Morgan fingerprint density at radius 2 is 1.88 bits per heavy atom. The Balaban J connectivity index is 2.18. The third-order valence-electron chi connectivity index (χ3n) is 4.14. The zero-order valence-corrected chi connectivity index (χ0v) is 15.3. The molecule has 142 valence electrons. The Hall–Kier alpha value is -2.57. The molecule has 1 aromatic carbocycles. The van der Waals surface area contributed by atoms with E-state index in [-0.39, 0.29) is 0 Å². The van der Waals surface area contributed by atoms with Crippen molar-refractivity contribution in [3.8, 4) is 0 Å². The number of carbonyl (C=O) groups is 2. The van der Waals surface area contributed by atoms with Crippen LogP contribution in [0.1, 0.15) is 45.6 Å². The maximum Gasteiger partial charge on any atom is 0.303 e. The number of nitrogens with zero attached hydrogens (tertiary/aromatic N) is 1. The van der Waals surface area contributed by atoms with Gasteiger partial charge in [0.1, 0.15) is 6.10 Å². The fraction of sp³-hybridized carbons (Fsp3) is 0.526. The molecule has 0 fully saturated rings. The number of esters is 2. The van der Waals surface area contributed by atoms with E-state index in [0.717, 1.165) is 12.0 Å². The highest BCUT2D eigenvalue weighted by molar-refractivity contribution is 5.88. The molecule has 1 heterocycles. The monoisotopic (exact) mass is 363 g/mol. The minimum Gasteiger partial charge on any atom is -0.461 e. The van der Waals surface area contributed by atoms with Gasteiger partial charge in [0.05, 0.1) is 0 Å². The van der Waals surface area contributed by atoms with E-state index in [4.69, 9.17) is 14.3 Å². The Morgan fingerprint density at radius 1 is 1.19 bits per heavy atom. The lowest BCUT2D eigenvalue weighted by atomic mass is 9.97. The molecule has 0 saturated carbocycles. The second-order valence-electron chi connectivity index (χ2n) is 6.27. The van der Waals surface area contributed by atoms with Crippen molar-refractivity contribution in [2.24, 2.45) is 0 Å². The van der Waals surface area contributed by atoms with Gasteiger partial charge in [-0.05, 0) is 18.4 Å². The van der Waals surface area contributed by atoms with Crippen LogP contribution in [0.25, 0.3) is 0 Å². The van der Waals surface area contributed by atoms with Crippen molar-refractivity contribution in [1.29, 1.82) is 0 Å². The highest BCUT2D eigenvalue weighted by Crippen LogP contribution is 2.25. The molecule has 26 heavy (non-hydrogen) atoms. The van der Waals surface area contributed by atoms with E-state index < -0.39 is 30.3 Å². The van der Waals surface area contributed by atoms with Crippen molar-refractivity contribution in [3.63, 3.8) is 0 Å². The number of hydrogen-bond donors (Lipinski definition) is 0. The predicted octanol–water partition coefficient (Wildman–Crippen LogP) is 2.55. The van der Waals surface area contributed by atoms with Gasteiger partial charge in [-0.25, -0.2) is 0 Å². The summed E-state index contributed by atoms with van der Waals surface area (Å²) in [5, 5.41) is 12.3. The van der Waals surface area contributed by atoms with Crippen LogP contribution < -0.4 is 0 Å². The second kappa shape index (κ2) is 9.22. The van der Waals surface area contributed by atoms with E-state index in [2.05, 4.69) is 0 Å². The van der Waals surface area contributed by atoms with Crippen molar-refractivity contribution < 1.29 is 28.8 Å². The van der Waals surface area contributed by atoms with Crippen LogP contribution in [0, 0.1) is 5.21 Å². The first-order chi connectivity index (χ1) is 12.4. The van der Waals surface area contributed by atoms with Crippen molar-refractivity contribution in [2.75, 3.05) is 0 Å². The molecule has 0 saturated heterocycles. The van der Waals surface area contributed by atoms with Crippen molar-refractivity contribution in [2.45, 2.75) is 64.8 Å². The maximum atomic E-state index is 12.3. The van der Waals surface area contributed by atoms with Gasteiger partial charge in [0.2, 0.25) is 6.10 Å². The number of carbonyl (C=O) groups excluding carboxylic acids is 2. The summed E-state index contributed by atoms with van der Waals surface area (Å²) >= 11 is 0. The SMILES string of the molecule is CCCC(OC(C)=O)[C@@H]1O[N+]([O-])=C(CCc2ccccc2)[C@H]1OC(C)=O. The summed E-state index contributed by atoms with van der Waals surface area (Å²) in [6.07, 6.45) is -0.163. The number of aryl methyl sites for hydroxylation is 1. The molecule has 0 amide bonds. The highest BCUT2D eigenvalue weighted by atomic mass is 16.9. The zero-order valence-electron chi connectivity index (χ0n) is 15.3. The normalized spacial score (nSPS) is 20.4. The molecule has 7 nitrogen and oxygen atoms in total. The lowest BCUT2D eigenvalue weighted by molar-refractivity contribution is -0.743. The van der Waals surface area contributed by atoms with E-state index in [9.17, 15) is 14.8 Å². The Labute approximate surface area is 153 Å². The molecule has 0 aromatic heterocycles. The summed E-state index contributed by atoms with van der Waals surface area (Å²) in [7, 11) is 0. The minimum absolute atomic E-state index is 0.322. The molecule has 1 unspecified atom stereocenters. The van der Waals surface area contributed by atoms with Crippen LogP contribution in [-0.4, -0.2) is 40.9 Å². The van der Waals surface area contributed by atoms with Crippen LogP contribution in [0.3, 0.4) is 0 Å². The van der Waals surface area contributed by atoms with E-state index in [1.54, 1.807) is 0 Å². The van der Waals surface area contributed by atoms with Gasteiger partial charge in [0.25, 0.3) is 5.71 Å². The summed E-state index contributed by atoms with van der Waals surface area (Å²) in [5.41, 5.74) is 1.38. The molecule has 7 heteroatoms. The van der Waals surface area contributed by atoms with E-state index in [0.29, 0.717) is 29.9 Å². The van der Waals surface area contributed by atoms with Gasteiger partial charge in [-0.15, -0.1) is 0 Å². The fourth-order valence-electron chi connectivity index (χ4n) is 3.04. The predicted molar refractivity (Wildman–Crippen MR) is 94.3 cm³/mol. The summed E-state index contributed by atoms with van der Waals surface area (Å²) in [5.74, 6) is -0.988. The number of rotatable bonds is 8. The molecule has 0 aliphatic carbocycles. The molecule has 0 bridgehead atoms. The molecule has 1 aromatic rings. The van der Waals surface area contributed by atoms with E-state index >= 15 is 0 Å². The van der Waals surface area contributed by atoms with Crippen LogP contribution in [0.15, 0.2) is 30.3 Å². The van der Waals surface area contributed by atoms with Crippen molar-refractivity contribution >= 4 is 17.7 Å². The second-order valence-corrected chi connectivity index (χ2v) is 6.27. The standard InChI is InChI=1S/C19H25NO6/c1-4-8-17(24-13(2)21)19-18(25-14(3)22)16(20(23)26-19)12-11-15-9-6-5-7-10-15/h5-7,9-10,17-19H,4,8,11-12H2,1-3H3/t17?,18-,19+/m1/s1. The van der Waals surface area contributed by atoms with Crippen LogP contribution in [-0.2, 0) is 30.3 Å². The van der Waals surface area contributed by atoms with Crippen LogP contribution >= 0.6 is 0 Å². The Morgan fingerprint density at radius 3 is 2.46 bits per heavy atom.